The van der Waals surface area contributed by atoms with Crippen LogP contribution >= 0.6 is 0 Å². The molecule has 3 heterocycles. The van der Waals surface area contributed by atoms with Gasteiger partial charge >= 0.3 is 6.03 Å². The Kier molecular flexibility index (Phi) is 6.99. The highest BCUT2D eigenvalue weighted by Crippen LogP contribution is 2.25. The molecule has 0 spiro atoms. The van der Waals surface area contributed by atoms with E-state index in [0.717, 1.165) is 37.9 Å². The van der Waals surface area contributed by atoms with Gasteiger partial charge < -0.3 is 9.80 Å². The van der Waals surface area contributed by atoms with Crippen LogP contribution in [0.5, 0.6) is 0 Å². The Morgan fingerprint density at radius 1 is 1.31 bits per heavy atom. The predicted molar refractivity (Wildman–Crippen MR) is 118 cm³/mol. The molecule has 0 aliphatic carbocycles. The summed E-state index contributed by atoms with van der Waals surface area (Å²) in [5.41, 5.74) is 2.83. The van der Waals surface area contributed by atoms with Gasteiger partial charge in [0.25, 0.3) is 5.91 Å². The summed E-state index contributed by atoms with van der Waals surface area (Å²) in [7, 11) is -1.71. The maximum absolute atomic E-state index is 12.7. The number of amides is 2. The summed E-state index contributed by atoms with van der Waals surface area (Å²) in [5, 5.41) is 8.92. The van der Waals surface area contributed by atoms with Gasteiger partial charge in [-0.25, -0.2) is 18.7 Å². The van der Waals surface area contributed by atoms with Gasteiger partial charge in [-0.05, 0) is 64.2 Å². The molecule has 2 amide bonds. The van der Waals surface area contributed by atoms with Crippen molar-refractivity contribution in [2.24, 2.45) is 5.92 Å². The number of rotatable bonds is 5. The molecular weight excluding hydrogens is 432 g/mol. The SMILES string of the molecule is CN1CCC(C#CC#Cc2cc3n(c2)C(=O)N(CC[C@](C)(C(=O)NO)S(C)(=O)=O)C3)CC1. The van der Waals surface area contributed by atoms with Crippen molar-refractivity contribution < 1.29 is 23.2 Å². The fourth-order valence-corrected chi connectivity index (χ4v) is 4.64. The number of aromatic nitrogens is 1. The molecule has 0 aromatic carbocycles. The summed E-state index contributed by atoms with van der Waals surface area (Å²) in [6, 6.07) is 1.49. The molecule has 3 rings (SSSR count). The van der Waals surface area contributed by atoms with Gasteiger partial charge in [-0.2, -0.15) is 0 Å². The van der Waals surface area contributed by atoms with Gasteiger partial charge in [0.15, 0.2) is 14.6 Å². The summed E-state index contributed by atoms with van der Waals surface area (Å²) >= 11 is 0. The molecule has 1 aromatic heterocycles. The average molecular weight is 461 g/mol. The Bertz CT molecular complexity index is 1130. The van der Waals surface area contributed by atoms with Crippen LogP contribution in [0, 0.1) is 29.6 Å². The first-order valence-corrected chi connectivity index (χ1v) is 12.3. The quantitative estimate of drug-likeness (QED) is 0.380. The second-order valence-corrected chi connectivity index (χ2v) is 11.0. The molecule has 0 bridgehead atoms. The Hall–Kier alpha value is -2.79. The summed E-state index contributed by atoms with van der Waals surface area (Å²) in [5.74, 6) is 11.3. The molecule has 1 atom stereocenters. The van der Waals surface area contributed by atoms with E-state index in [2.05, 4.69) is 35.6 Å². The number of carbonyl (C=O) groups excluding carboxylic acids is 2. The highest BCUT2D eigenvalue weighted by Gasteiger charge is 2.44. The molecule has 10 heteroatoms. The maximum Gasteiger partial charge on any atom is 0.328 e. The second kappa shape index (κ2) is 9.37. The van der Waals surface area contributed by atoms with Crippen LogP contribution < -0.4 is 5.48 Å². The van der Waals surface area contributed by atoms with Crippen LogP contribution in [0.2, 0.25) is 0 Å². The normalized spacial score (nSPS) is 18.8. The Balaban J connectivity index is 1.62. The Morgan fingerprint density at radius 3 is 2.59 bits per heavy atom. The molecule has 1 aromatic rings. The third-order valence-electron chi connectivity index (χ3n) is 6.25. The van der Waals surface area contributed by atoms with E-state index in [4.69, 9.17) is 5.21 Å². The molecule has 2 aliphatic heterocycles. The zero-order valence-electron chi connectivity index (χ0n) is 18.5. The fraction of sp³-hybridized carbons (Fsp3) is 0.545. The Morgan fingerprint density at radius 2 is 2.00 bits per heavy atom. The lowest BCUT2D eigenvalue weighted by atomic mass is 9.98. The lowest BCUT2D eigenvalue weighted by Crippen LogP contribution is -2.50. The van der Waals surface area contributed by atoms with Crippen LogP contribution in [0.15, 0.2) is 12.3 Å². The van der Waals surface area contributed by atoms with Gasteiger partial charge in [0.1, 0.15) is 0 Å². The van der Waals surface area contributed by atoms with Crippen molar-refractivity contribution in [2.75, 3.05) is 32.9 Å². The second-order valence-electron chi connectivity index (χ2n) is 8.59. The molecular formula is C22H28N4O5S. The van der Waals surface area contributed by atoms with Crippen LogP contribution in [0.4, 0.5) is 4.79 Å². The maximum atomic E-state index is 12.7. The molecule has 0 saturated carbocycles. The lowest BCUT2D eigenvalue weighted by molar-refractivity contribution is -0.131. The van der Waals surface area contributed by atoms with Crippen molar-refractivity contribution in [3.8, 4) is 23.7 Å². The minimum absolute atomic E-state index is 0.0422. The van der Waals surface area contributed by atoms with Gasteiger partial charge in [-0.15, -0.1) is 0 Å². The third kappa shape index (κ3) is 4.99. The lowest BCUT2D eigenvalue weighted by Gasteiger charge is -2.27. The van der Waals surface area contributed by atoms with Crippen molar-refractivity contribution >= 4 is 21.8 Å². The van der Waals surface area contributed by atoms with Crippen molar-refractivity contribution in [3.05, 3.63) is 23.5 Å². The first-order chi connectivity index (χ1) is 15.0. The molecule has 0 unspecified atom stereocenters. The first kappa shape index (κ1) is 23.9. The molecule has 9 nitrogen and oxygen atoms in total. The van der Waals surface area contributed by atoms with E-state index in [-0.39, 0.29) is 25.5 Å². The zero-order valence-corrected chi connectivity index (χ0v) is 19.3. The number of nitrogens with zero attached hydrogens (tertiary/aromatic N) is 3. The van der Waals surface area contributed by atoms with E-state index < -0.39 is 20.5 Å². The van der Waals surface area contributed by atoms with E-state index in [9.17, 15) is 18.0 Å². The summed E-state index contributed by atoms with van der Waals surface area (Å²) in [6.45, 7) is 3.65. The Labute approximate surface area is 188 Å². The van der Waals surface area contributed by atoms with Crippen LogP contribution in [0.1, 0.15) is 37.4 Å². The van der Waals surface area contributed by atoms with Gasteiger partial charge in [-0.3, -0.25) is 14.6 Å². The number of piperidine rings is 1. The number of hydroxylamine groups is 1. The van der Waals surface area contributed by atoms with Crippen LogP contribution in [-0.2, 0) is 21.2 Å². The number of hydrogen-bond donors (Lipinski definition) is 2. The number of nitrogens with one attached hydrogen (secondary N) is 1. The first-order valence-electron chi connectivity index (χ1n) is 10.4. The van der Waals surface area contributed by atoms with E-state index in [1.165, 1.54) is 21.9 Å². The fourth-order valence-electron chi connectivity index (χ4n) is 3.80. The third-order valence-corrected chi connectivity index (χ3v) is 8.28. The summed E-state index contributed by atoms with van der Waals surface area (Å²) in [4.78, 5) is 28.4. The van der Waals surface area contributed by atoms with Crippen molar-refractivity contribution in [3.63, 3.8) is 0 Å². The average Bonchev–Trinajstić information content (AvgIpc) is 3.27. The standard InChI is InChI=1S/C22H28N4O5S/c1-22(20(27)23-29,32(3,30)31)10-13-25-16-19-14-18(15-26(19)21(25)28)7-5-4-6-17-8-11-24(2)12-9-17/h14-15,17,29H,8-13,16H2,1-3H3,(H,23,27)/t22-/m1/s1. The smallest absolute Gasteiger partial charge is 0.318 e. The highest BCUT2D eigenvalue weighted by atomic mass is 32.2. The molecule has 0 radical (unpaired) electrons. The van der Waals surface area contributed by atoms with Gasteiger partial charge in [-0.1, -0.05) is 11.8 Å². The number of fused-ring (bicyclic) bond motifs is 1. The van der Waals surface area contributed by atoms with Crippen LogP contribution in [-0.4, -0.2) is 77.6 Å². The van der Waals surface area contributed by atoms with Gasteiger partial charge in [0.05, 0.1) is 6.54 Å². The van der Waals surface area contributed by atoms with Crippen molar-refractivity contribution in [1.29, 1.82) is 0 Å². The topological polar surface area (TPSA) is 112 Å². The summed E-state index contributed by atoms with van der Waals surface area (Å²) < 4.78 is 23.8. The largest absolute Gasteiger partial charge is 0.328 e. The zero-order chi connectivity index (χ0) is 23.5. The van der Waals surface area contributed by atoms with Crippen molar-refractivity contribution in [1.82, 2.24) is 19.8 Å². The molecule has 1 saturated heterocycles. The number of carbonyl (C=O) groups is 2. The predicted octanol–water partition coefficient (Wildman–Crippen LogP) is 0.667. The van der Waals surface area contributed by atoms with E-state index in [0.29, 0.717) is 11.5 Å². The monoisotopic (exact) mass is 460 g/mol. The molecule has 32 heavy (non-hydrogen) atoms. The van der Waals surface area contributed by atoms with Gasteiger partial charge in [0, 0.05) is 36.2 Å². The molecule has 2 N–H and O–H groups in total. The minimum Gasteiger partial charge on any atom is -0.318 e. The summed E-state index contributed by atoms with van der Waals surface area (Å²) in [6.07, 6.45) is 4.52. The molecule has 2 aliphatic rings. The van der Waals surface area contributed by atoms with E-state index in [1.54, 1.807) is 12.3 Å². The van der Waals surface area contributed by atoms with Crippen LogP contribution in [0.25, 0.3) is 0 Å². The number of hydrogen-bond acceptors (Lipinski definition) is 6. The minimum atomic E-state index is -3.82. The number of likely N-dealkylation sites (tertiary alicyclic amines) is 1. The van der Waals surface area contributed by atoms with Crippen molar-refractivity contribution in [2.45, 2.75) is 37.5 Å². The van der Waals surface area contributed by atoms with Gasteiger partial charge in [0.2, 0.25) is 0 Å². The molecule has 1 fully saturated rings. The highest BCUT2D eigenvalue weighted by molar-refractivity contribution is 7.92. The number of sulfone groups is 1. The van der Waals surface area contributed by atoms with E-state index >= 15 is 0 Å². The molecule has 172 valence electrons. The van der Waals surface area contributed by atoms with E-state index in [1.807, 2.05) is 0 Å². The van der Waals surface area contributed by atoms with Crippen LogP contribution in [0.3, 0.4) is 0 Å².